The van der Waals surface area contributed by atoms with Crippen molar-refractivity contribution in [2.24, 2.45) is 17.6 Å². The number of rotatable bonds is 6. The van der Waals surface area contributed by atoms with Crippen molar-refractivity contribution in [3.05, 3.63) is 35.9 Å². The Morgan fingerprint density at radius 3 is 2.65 bits per heavy atom. The third-order valence-electron chi connectivity index (χ3n) is 4.79. The molecule has 1 fully saturated rings. The van der Waals surface area contributed by atoms with Crippen LogP contribution in [0.25, 0.3) is 0 Å². The first-order valence-corrected chi connectivity index (χ1v) is 9.16. The second-order valence-electron chi connectivity index (χ2n) is 6.30. The molecule has 2 N–H and O–H groups in total. The van der Waals surface area contributed by atoms with Crippen molar-refractivity contribution in [3.8, 4) is 0 Å². The molecule has 1 aliphatic rings. The topological polar surface area (TPSA) is 26.0 Å². The molecular weight excluding hydrogens is 262 g/mol. The highest BCUT2D eigenvalue weighted by atomic mass is 32.2. The Bertz CT molecular complexity index is 378. The number of benzene rings is 1. The fourth-order valence-corrected chi connectivity index (χ4v) is 4.80. The van der Waals surface area contributed by atoms with Crippen molar-refractivity contribution in [2.75, 3.05) is 12.3 Å². The Hall–Kier alpha value is -0.470. The fraction of sp³-hybridized carbons (Fsp3) is 0.667. The van der Waals surface area contributed by atoms with Gasteiger partial charge in [0, 0.05) is 5.25 Å². The van der Waals surface area contributed by atoms with Crippen molar-refractivity contribution in [3.63, 3.8) is 0 Å². The van der Waals surface area contributed by atoms with Gasteiger partial charge in [-0.25, -0.2) is 0 Å². The van der Waals surface area contributed by atoms with E-state index in [1.807, 2.05) is 0 Å². The van der Waals surface area contributed by atoms with Crippen LogP contribution in [0.5, 0.6) is 0 Å². The lowest BCUT2D eigenvalue weighted by molar-refractivity contribution is 0.343. The average molecular weight is 292 g/mol. The van der Waals surface area contributed by atoms with Gasteiger partial charge < -0.3 is 5.73 Å². The maximum atomic E-state index is 6.00. The van der Waals surface area contributed by atoms with Crippen molar-refractivity contribution in [1.82, 2.24) is 0 Å². The number of hydrogen-bond acceptors (Lipinski definition) is 2. The summed E-state index contributed by atoms with van der Waals surface area (Å²) in [6.45, 7) is 5.51. The molecule has 0 aliphatic heterocycles. The van der Waals surface area contributed by atoms with Gasteiger partial charge in [-0.2, -0.15) is 11.8 Å². The molecule has 0 spiro atoms. The third-order valence-corrected chi connectivity index (χ3v) is 6.56. The highest BCUT2D eigenvalue weighted by molar-refractivity contribution is 7.99. The van der Waals surface area contributed by atoms with Crippen molar-refractivity contribution in [2.45, 2.75) is 50.7 Å². The summed E-state index contributed by atoms with van der Waals surface area (Å²) >= 11 is 2.18. The molecule has 1 aromatic rings. The molecule has 0 radical (unpaired) electrons. The van der Waals surface area contributed by atoms with Gasteiger partial charge in [-0.1, -0.05) is 50.6 Å². The van der Waals surface area contributed by atoms with Crippen LogP contribution in [0.1, 0.15) is 51.0 Å². The van der Waals surface area contributed by atoms with E-state index in [2.05, 4.69) is 55.9 Å². The van der Waals surface area contributed by atoms with E-state index in [1.165, 1.54) is 37.0 Å². The predicted octanol–water partition coefficient (Wildman–Crippen LogP) is 4.68. The van der Waals surface area contributed by atoms with Gasteiger partial charge in [0.25, 0.3) is 0 Å². The summed E-state index contributed by atoms with van der Waals surface area (Å²) in [6.07, 6.45) is 5.21. The molecular formula is C18H29NS. The van der Waals surface area contributed by atoms with E-state index in [4.69, 9.17) is 5.73 Å². The van der Waals surface area contributed by atoms with Crippen LogP contribution >= 0.6 is 11.8 Å². The molecule has 0 saturated heterocycles. The van der Waals surface area contributed by atoms with Crippen LogP contribution in [0, 0.1) is 11.8 Å². The Morgan fingerprint density at radius 1 is 1.25 bits per heavy atom. The summed E-state index contributed by atoms with van der Waals surface area (Å²) in [4.78, 5) is 0. The van der Waals surface area contributed by atoms with Gasteiger partial charge in [0.15, 0.2) is 0 Å². The molecule has 0 aromatic heterocycles. The van der Waals surface area contributed by atoms with Crippen LogP contribution in [-0.2, 0) is 0 Å². The molecule has 4 unspecified atom stereocenters. The van der Waals surface area contributed by atoms with E-state index in [1.54, 1.807) is 0 Å². The smallest absolute Gasteiger partial charge is 0.00932 e. The van der Waals surface area contributed by atoms with Crippen LogP contribution in [0.4, 0.5) is 0 Å². The Morgan fingerprint density at radius 2 is 2.00 bits per heavy atom. The van der Waals surface area contributed by atoms with Gasteiger partial charge in [-0.05, 0) is 54.9 Å². The molecule has 0 heterocycles. The molecule has 2 rings (SSSR count). The van der Waals surface area contributed by atoms with Crippen molar-refractivity contribution < 1.29 is 0 Å². The maximum absolute atomic E-state index is 6.00. The molecule has 1 aliphatic carbocycles. The summed E-state index contributed by atoms with van der Waals surface area (Å²) in [5.74, 6) is 3.59. The van der Waals surface area contributed by atoms with Gasteiger partial charge in [-0.15, -0.1) is 0 Å². The summed E-state index contributed by atoms with van der Waals surface area (Å²) in [7, 11) is 0. The van der Waals surface area contributed by atoms with E-state index >= 15 is 0 Å². The second kappa shape index (κ2) is 8.09. The molecule has 0 amide bonds. The maximum Gasteiger partial charge on any atom is 0.00932 e. The van der Waals surface area contributed by atoms with E-state index < -0.39 is 0 Å². The molecule has 1 nitrogen and oxygen atoms in total. The largest absolute Gasteiger partial charge is 0.330 e. The quantitative estimate of drug-likeness (QED) is 0.823. The zero-order chi connectivity index (χ0) is 14.4. The third kappa shape index (κ3) is 4.26. The molecule has 1 aromatic carbocycles. The minimum atomic E-state index is 0.726. The van der Waals surface area contributed by atoms with Gasteiger partial charge in [-0.3, -0.25) is 0 Å². The van der Waals surface area contributed by atoms with Crippen LogP contribution in [-0.4, -0.2) is 17.5 Å². The first kappa shape index (κ1) is 15.9. The minimum absolute atomic E-state index is 0.726. The SMILES string of the molecule is CCC(C)CSC1CC(c2ccccc2)CCC1CN. The van der Waals surface area contributed by atoms with Gasteiger partial charge in [0.2, 0.25) is 0 Å². The van der Waals surface area contributed by atoms with Gasteiger partial charge in [0.05, 0.1) is 0 Å². The number of thioether (sulfide) groups is 1. The zero-order valence-electron chi connectivity index (χ0n) is 12.9. The average Bonchev–Trinajstić information content (AvgIpc) is 2.53. The first-order chi connectivity index (χ1) is 9.74. The predicted molar refractivity (Wildman–Crippen MR) is 91.3 cm³/mol. The Kier molecular flexibility index (Phi) is 6.44. The molecule has 0 bridgehead atoms. The summed E-state index contributed by atoms with van der Waals surface area (Å²) in [5, 5.41) is 0.757. The van der Waals surface area contributed by atoms with Crippen LogP contribution in [0.2, 0.25) is 0 Å². The minimum Gasteiger partial charge on any atom is -0.330 e. The number of hydrogen-bond donors (Lipinski definition) is 1. The molecule has 20 heavy (non-hydrogen) atoms. The Labute approximate surface area is 128 Å². The highest BCUT2D eigenvalue weighted by Crippen LogP contribution is 2.41. The summed E-state index contributed by atoms with van der Waals surface area (Å²) in [5.41, 5.74) is 7.53. The lowest BCUT2D eigenvalue weighted by Gasteiger charge is -2.36. The zero-order valence-corrected chi connectivity index (χ0v) is 13.7. The summed E-state index contributed by atoms with van der Waals surface area (Å²) in [6, 6.07) is 11.1. The monoisotopic (exact) mass is 291 g/mol. The Balaban J connectivity index is 1.96. The van der Waals surface area contributed by atoms with Crippen LogP contribution in [0.3, 0.4) is 0 Å². The van der Waals surface area contributed by atoms with Crippen LogP contribution in [0.15, 0.2) is 30.3 Å². The highest BCUT2D eigenvalue weighted by Gasteiger charge is 2.30. The first-order valence-electron chi connectivity index (χ1n) is 8.11. The van der Waals surface area contributed by atoms with Crippen molar-refractivity contribution >= 4 is 11.8 Å². The van der Waals surface area contributed by atoms with Gasteiger partial charge in [0.1, 0.15) is 0 Å². The van der Waals surface area contributed by atoms with E-state index in [9.17, 15) is 0 Å². The summed E-state index contributed by atoms with van der Waals surface area (Å²) < 4.78 is 0. The normalized spacial score (nSPS) is 28.2. The lowest BCUT2D eigenvalue weighted by Crippen LogP contribution is -2.32. The standard InChI is InChI=1S/C18H29NS/c1-3-14(2)13-20-18-11-16(9-10-17(18)12-19)15-7-5-4-6-8-15/h4-8,14,16-18H,3,9-13,19H2,1-2H3. The van der Waals surface area contributed by atoms with Crippen molar-refractivity contribution in [1.29, 1.82) is 0 Å². The molecule has 4 atom stereocenters. The molecule has 1 saturated carbocycles. The van der Waals surface area contributed by atoms with Crippen LogP contribution < -0.4 is 5.73 Å². The molecule has 112 valence electrons. The van der Waals surface area contributed by atoms with E-state index in [0.717, 1.165) is 29.5 Å². The lowest BCUT2D eigenvalue weighted by atomic mass is 9.78. The van der Waals surface area contributed by atoms with E-state index in [-0.39, 0.29) is 0 Å². The van der Waals surface area contributed by atoms with Gasteiger partial charge >= 0.3 is 0 Å². The van der Waals surface area contributed by atoms with E-state index in [0.29, 0.717) is 0 Å². The number of nitrogens with two attached hydrogens (primary N) is 1. The molecule has 2 heteroatoms. The fourth-order valence-electron chi connectivity index (χ4n) is 3.10. The second-order valence-corrected chi connectivity index (χ2v) is 7.57.